The maximum Gasteiger partial charge on any atom is 0.401 e. The number of hydrogen-bond donors (Lipinski definition) is 1. The molecule has 1 amide bonds. The summed E-state index contributed by atoms with van der Waals surface area (Å²) in [6, 6.07) is 6.51. The van der Waals surface area contributed by atoms with Crippen molar-refractivity contribution in [2.45, 2.75) is 6.18 Å². The molecule has 118 valence electrons. The molecule has 21 heavy (non-hydrogen) atoms. The van der Waals surface area contributed by atoms with Crippen molar-refractivity contribution in [1.29, 1.82) is 0 Å². The van der Waals surface area contributed by atoms with E-state index in [1.54, 1.807) is 24.3 Å². The van der Waals surface area contributed by atoms with Crippen LogP contribution in [-0.4, -0.2) is 50.3 Å². The van der Waals surface area contributed by atoms with Crippen LogP contribution in [0.5, 0.6) is 0 Å². The van der Waals surface area contributed by atoms with Gasteiger partial charge in [0.25, 0.3) is 0 Å². The van der Waals surface area contributed by atoms with Gasteiger partial charge in [-0.3, -0.25) is 9.69 Å². The van der Waals surface area contributed by atoms with Gasteiger partial charge < -0.3 is 10.1 Å². The molecule has 8 heteroatoms. The first-order chi connectivity index (χ1) is 9.81. The second-order valence-electron chi connectivity index (χ2n) is 4.35. The van der Waals surface area contributed by atoms with Crippen molar-refractivity contribution >= 4 is 23.2 Å². The van der Waals surface area contributed by atoms with Crippen LogP contribution in [0.3, 0.4) is 0 Å². The number of anilines is 1. The van der Waals surface area contributed by atoms with Crippen LogP contribution in [0.25, 0.3) is 0 Å². The minimum Gasteiger partial charge on any atom is -0.383 e. The van der Waals surface area contributed by atoms with Crippen LogP contribution in [-0.2, 0) is 9.53 Å². The van der Waals surface area contributed by atoms with E-state index in [1.807, 2.05) is 0 Å². The molecule has 0 aliphatic carbocycles. The fourth-order valence-electron chi connectivity index (χ4n) is 1.64. The molecule has 0 heterocycles. The van der Waals surface area contributed by atoms with Gasteiger partial charge in [0.2, 0.25) is 5.91 Å². The zero-order valence-corrected chi connectivity index (χ0v) is 12.2. The van der Waals surface area contributed by atoms with Gasteiger partial charge in [0.15, 0.2) is 0 Å². The number of nitrogens with one attached hydrogen (secondary N) is 1. The first-order valence-corrected chi connectivity index (χ1v) is 6.52. The Hall–Kier alpha value is -1.31. The van der Waals surface area contributed by atoms with Crippen molar-refractivity contribution in [2.24, 2.45) is 0 Å². The Morgan fingerprint density at radius 3 is 2.62 bits per heavy atom. The summed E-state index contributed by atoms with van der Waals surface area (Å²) in [6.07, 6.45) is -4.38. The number of rotatable bonds is 7. The number of hydrogen-bond acceptors (Lipinski definition) is 3. The molecule has 0 spiro atoms. The molecule has 1 aromatic carbocycles. The van der Waals surface area contributed by atoms with E-state index in [9.17, 15) is 18.0 Å². The third kappa shape index (κ3) is 7.31. The second kappa shape index (κ2) is 8.21. The highest BCUT2D eigenvalue weighted by molar-refractivity contribution is 6.33. The Kier molecular flexibility index (Phi) is 6.94. The van der Waals surface area contributed by atoms with Crippen molar-refractivity contribution in [3.05, 3.63) is 29.3 Å². The molecule has 0 radical (unpaired) electrons. The van der Waals surface area contributed by atoms with Crippen molar-refractivity contribution in [2.75, 3.05) is 38.7 Å². The zero-order valence-electron chi connectivity index (χ0n) is 11.4. The van der Waals surface area contributed by atoms with Gasteiger partial charge in [-0.2, -0.15) is 13.2 Å². The van der Waals surface area contributed by atoms with Crippen LogP contribution in [0.15, 0.2) is 24.3 Å². The quantitative estimate of drug-likeness (QED) is 0.838. The van der Waals surface area contributed by atoms with Gasteiger partial charge in [-0.15, -0.1) is 0 Å². The van der Waals surface area contributed by atoms with Crippen LogP contribution < -0.4 is 5.32 Å². The van der Waals surface area contributed by atoms with Gasteiger partial charge in [0, 0.05) is 13.7 Å². The summed E-state index contributed by atoms with van der Waals surface area (Å²) in [5.41, 5.74) is 0.364. The molecule has 4 nitrogen and oxygen atoms in total. The molecule has 0 bridgehead atoms. The van der Waals surface area contributed by atoms with E-state index in [1.165, 1.54) is 7.11 Å². The average Bonchev–Trinajstić information content (AvgIpc) is 2.37. The molecule has 1 rings (SSSR count). The number of nitrogens with zero attached hydrogens (tertiary/aromatic N) is 1. The van der Waals surface area contributed by atoms with Crippen LogP contribution in [0.2, 0.25) is 5.02 Å². The highest BCUT2D eigenvalue weighted by Crippen LogP contribution is 2.20. The normalized spacial score (nSPS) is 11.7. The van der Waals surface area contributed by atoms with E-state index < -0.39 is 25.2 Å². The lowest BCUT2D eigenvalue weighted by Crippen LogP contribution is -2.41. The van der Waals surface area contributed by atoms with E-state index in [0.29, 0.717) is 10.7 Å². The summed E-state index contributed by atoms with van der Waals surface area (Å²) >= 11 is 5.87. The van der Waals surface area contributed by atoms with Gasteiger partial charge in [-0.1, -0.05) is 23.7 Å². The smallest absolute Gasteiger partial charge is 0.383 e. The lowest BCUT2D eigenvalue weighted by molar-refractivity contribution is -0.149. The zero-order chi connectivity index (χ0) is 15.9. The molecular weight excluding hydrogens is 309 g/mol. The first kappa shape index (κ1) is 17.7. The Morgan fingerprint density at radius 1 is 1.38 bits per heavy atom. The number of alkyl halides is 3. The molecule has 0 atom stereocenters. The Morgan fingerprint density at radius 2 is 2.05 bits per heavy atom. The van der Waals surface area contributed by atoms with Crippen molar-refractivity contribution in [3.63, 3.8) is 0 Å². The summed E-state index contributed by atoms with van der Waals surface area (Å²) < 4.78 is 42.1. The number of methoxy groups -OCH3 is 1. The Balaban J connectivity index is 2.61. The number of amides is 1. The number of para-hydroxylation sites is 1. The SMILES string of the molecule is COCCN(CC(=O)Nc1ccccc1Cl)CC(F)(F)F. The first-order valence-electron chi connectivity index (χ1n) is 6.14. The lowest BCUT2D eigenvalue weighted by Gasteiger charge is -2.22. The van der Waals surface area contributed by atoms with Crippen LogP contribution in [0.1, 0.15) is 0 Å². The van der Waals surface area contributed by atoms with E-state index in [4.69, 9.17) is 16.3 Å². The fraction of sp³-hybridized carbons (Fsp3) is 0.462. The third-order valence-electron chi connectivity index (χ3n) is 2.53. The number of benzene rings is 1. The molecule has 0 aromatic heterocycles. The number of carbonyl (C=O) groups excluding carboxylic acids is 1. The highest BCUT2D eigenvalue weighted by atomic mass is 35.5. The van der Waals surface area contributed by atoms with Crippen LogP contribution >= 0.6 is 11.6 Å². The molecule has 0 fully saturated rings. The molecular formula is C13H16ClF3N2O2. The molecule has 0 unspecified atom stereocenters. The minimum atomic E-state index is -4.38. The molecule has 1 aromatic rings. The van der Waals surface area contributed by atoms with Gasteiger partial charge >= 0.3 is 6.18 Å². The predicted molar refractivity (Wildman–Crippen MR) is 74.5 cm³/mol. The number of ether oxygens (including phenoxy) is 1. The lowest BCUT2D eigenvalue weighted by atomic mass is 10.3. The van der Waals surface area contributed by atoms with Gasteiger partial charge in [-0.05, 0) is 12.1 Å². The molecule has 0 aliphatic rings. The largest absolute Gasteiger partial charge is 0.401 e. The maximum atomic E-state index is 12.4. The van der Waals surface area contributed by atoms with E-state index >= 15 is 0 Å². The van der Waals surface area contributed by atoms with E-state index in [2.05, 4.69) is 5.32 Å². The average molecular weight is 325 g/mol. The van der Waals surface area contributed by atoms with Crippen molar-refractivity contribution in [3.8, 4) is 0 Å². The summed E-state index contributed by atoms with van der Waals surface area (Å²) in [4.78, 5) is 12.8. The van der Waals surface area contributed by atoms with Crippen molar-refractivity contribution in [1.82, 2.24) is 4.90 Å². The second-order valence-corrected chi connectivity index (χ2v) is 4.75. The predicted octanol–water partition coefficient (Wildman–Crippen LogP) is 2.79. The Bertz CT molecular complexity index is 469. The van der Waals surface area contributed by atoms with Gasteiger partial charge in [-0.25, -0.2) is 0 Å². The van der Waals surface area contributed by atoms with Crippen molar-refractivity contribution < 1.29 is 22.7 Å². The van der Waals surface area contributed by atoms with Gasteiger partial charge in [0.1, 0.15) is 0 Å². The molecule has 0 aliphatic heterocycles. The summed E-state index contributed by atoms with van der Waals surface area (Å²) in [7, 11) is 1.38. The monoisotopic (exact) mass is 324 g/mol. The van der Waals surface area contributed by atoms with Crippen LogP contribution in [0, 0.1) is 0 Å². The van der Waals surface area contributed by atoms with E-state index in [0.717, 1.165) is 4.90 Å². The molecule has 0 saturated heterocycles. The topological polar surface area (TPSA) is 41.6 Å². The Labute approximate surface area is 125 Å². The number of carbonyl (C=O) groups is 1. The summed E-state index contributed by atoms with van der Waals surface area (Å²) in [5.74, 6) is -0.566. The van der Waals surface area contributed by atoms with Gasteiger partial charge in [0.05, 0.1) is 30.4 Å². The fourth-order valence-corrected chi connectivity index (χ4v) is 1.83. The third-order valence-corrected chi connectivity index (χ3v) is 2.86. The summed E-state index contributed by atoms with van der Waals surface area (Å²) in [6.45, 7) is -1.46. The highest BCUT2D eigenvalue weighted by Gasteiger charge is 2.31. The molecule has 1 N–H and O–H groups in total. The van der Waals surface area contributed by atoms with E-state index in [-0.39, 0.29) is 13.2 Å². The molecule has 0 saturated carbocycles. The summed E-state index contributed by atoms with van der Waals surface area (Å²) in [5, 5.41) is 2.81. The number of halogens is 4. The van der Waals surface area contributed by atoms with Crippen LogP contribution in [0.4, 0.5) is 18.9 Å². The maximum absolute atomic E-state index is 12.4. The minimum absolute atomic E-state index is 0.00590. The standard InChI is InChI=1S/C13H16ClF3N2O2/c1-21-7-6-19(9-13(15,16)17)8-12(20)18-11-5-3-2-4-10(11)14/h2-5H,6-9H2,1H3,(H,18,20).